The molecule has 20 heavy (non-hydrogen) atoms. The van der Waals surface area contributed by atoms with Crippen molar-refractivity contribution in [2.24, 2.45) is 5.11 Å². The van der Waals surface area contributed by atoms with Crippen LogP contribution in [0, 0.1) is 0 Å². The van der Waals surface area contributed by atoms with E-state index in [0.717, 1.165) is 10.9 Å². The van der Waals surface area contributed by atoms with Gasteiger partial charge in [0, 0.05) is 16.4 Å². The zero-order chi connectivity index (χ0) is 14.5. The molecule has 7 heteroatoms. The van der Waals surface area contributed by atoms with E-state index in [-0.39, 0.29) is 6.54 Å². The number of ether oxygens (including phenoxy) is 1. The van der Waals surface area contributed by atoms with Gasteiger partial charge in [-0.05, 0) is 29.3 Å². The molecule has 0 aliphatic carbocycles. The van der Waals surface area contributed by atoms with E-state index in [1.165, 1.54) is 0 Å². The smallest absolute Gasteiger partial charge is 0.213 e. The Hall–Kier alpha value is -2.34. The lowest BCUT2D eigenvalue weighted by Gasteiger charge is -2.16. The fourth-order valence-corrected chi connectivity index (χ4v) is 1.87. The van der Waals surface area contributed by atoms with Gasteiger partial charge in [-0.3, -0.25) is 0 Å². The van der Waals surface area contributed by atoms with E-state index in [0.29, 0.717) is 11.4 Å². The summed E-state index contributed by atoms with van der Waals surface area (Å²) < 4.78 is 5.04. The van der Waals surface area contributed by atoms with Gasteiger partial charge in [0.1, 0.15) is 6.10 Å². The SMILES string of the molecule is COc1ccc2cc(C(O)C(O)CN=[N+]=[N-])ccc2n1. The van der Waals surface area contributed by atoms with Crippen LogP contribution in [0.15, 0.2) is 35.4 Å². The zero-order valence-corrected chi connectivity index (χ0v) is 10.8. The fraction of sp³-hybridized carbons (Fsp3) is 0.308. The van der Waals surface area contributed by atoms with Crippen molar-refractivity contribution in [3.63, 3.8) is 0 Å². The molecule has 2 unspecified atom stereocenters. The van der Waals surface area contributed by atoms with Crippen LogP contribution in [0.3, 0.4) is 0 Å². The van der Waals surface area contributed by atoms with Gasteiger partial charge < -0.3 is 14.9 Å². The van der Waals surface area contributed by atoms with Gasteiger partial charge in [0.05, 0.1) is 25.3 Å². The van der Waals surface area contributed by atoms with E-state index in [1.54, 1.807) is 31.4 Å². The zero-order valence-electron chi connectivity index (χ0n) is 10.8. The molecule has 0 saturated carbocycles. The van der Waals surface area contributed by atoms with Crippen LogP contribution < -0.4 is 4.74 Å². The summed E-state index contributed by atoms with van der Waals surface area (Å²) in [6.45, 7) is -0.184. The molecule has 0 radical (unpaired) electrons. The first kappa shape index (κ1) is 14.1. The maximum atomic E-state index is 10.00. The Kier molecular flexibility index (Phi) is 4.37. The first-order valence-corrected chi connectivity index (χ1v) is 5.97. The number of aliphatic hydroxyl groups excluding tert-OH is 2. The molecule has 7 nitrogen and oxygen atoms in total. The Balaban J connectivity index is 2.29. The molecule has 2 rings (SSSR count). The Morgan fingerprint density at radius 1 is 1.35 bits per heavy atom. The van der Waals surface area contributed by atoms with Gasteiger partial charge in [0.15, 0.2) is 0 Å². The summed E-state index contributed by atoms with van der Waals surface area (Å²) in [5, 5.41) is 23.8. The topological polar surface area (TPSA) is 111 Å². The van der Waals surface area contributed by atoms with E-state index >= 15 is 0 Å². The van der Waals surface area contributed by atoms with Gasteiger partial charge in [-0.25, -0.2) is 4.98 Å². The second-order valence-corrected chi connectivity index (χ2v) is 4.23. The highest BCUT2D eigenvalue weighted by molar-refractivity contribution is 5.79. The lowest BCUT2D eigenvalue weighted by Crippen LogP contribution is -2.21. The number of nitrogens with zero attached hydrogens (tertiary/aromatic N) is 4. The number of pyridine rings is 1. The number of aromatic nitrogens is 1. The van der Waals surface area contributed by atoms with E-state index in [4.69, 9.17) is 10.3 Å². The van der Waals surface area contributed by atoms with Crippen molar-refractivity contribution in [2.45, 2.75) is 12.2 Å². The van der Waals surface area contributed by atoms with Crippen molar-refractivity contribution < 1.29 is 14.9 Å². The minimum Gasteiger partial charge on any atom is -0.481 e. The summed E-state index contributed by atoms with van der Waals surface area (Å²) >= 11 is 0. The van der Waals surface area contributed by atoms with Crippen LogP contribution in [-0.4, -0.2) is 35.0 Å². The Morgan fingerprint density at radius 2 is 2.15 bits per heavy atom. The molecule has 2 N–H and O–H groups in total. The lowest BCUT2D eigenvalue weighted by atomic mass is 10.0. The Labute approximate surface area is 115 Å². The van der Waals surface area contributed by atoms with Crippen LogP contribution in [0.5, 0.6) is 5.88 Å². The Morgan fingerprint density at radius 3 is 2.85 bits per heavy atom. The normalized spacial score (nSPS) is 13.6. The van der Waals surface area contributed by atoms with Crippen molar-refractivity contribution in [1.29, 1.82) is 0 Å². The molecule has 2 aromatic rings. The van der Waals surface area contributed by atoms with Crippen LogP contribution in [0.4, 0.5) is 0 Å². The van der Waals surface area contributed by atoms with E-state index < -0.39 is 12.2 Å². The third-order valence-corrected chi connectivity index (χ3v) is 2.93. The largest absolute Gasteiger partial charge is 0.481 e. The third kappa shape index (κ3) is 2.97. The fourth-order valence-electron chi connectivity index (χ4n) is 1.87. The summed E-state index contributed by atoms with van der Waals surface area (Å²) in [4.78, 5) is 6.81. The van der Waals surface area contributed by atoms with Crippen LogP contribution in [0.2, 0.25) is 0 Å². The highest BCUT2D eigenvalue weighted by Gasteiger charge is 2.18. The van der Waals surface area contributed by atoms with Crippen molar-refractivity contribution in [2.75, 3.05) is 13.7 Å². The summed E-state index contributed by atoms with van der Waals surface area (Å²) in [7, 11) is 1.54. The predicted octanol–water partition coefficient (Wildman–Crippen LogP) is 1.95. The molecule has 0 spiro atoms. The average Bonchev–Trinajstić information content (AvgIpc) is 2.50. The van der Waals surface area contributed by atoms with Crippen molar-refractivity contribution in [3.8, 4) is 5.88 Å². The van der Waals surface area contributed by atoms with Crippen LogP contribution in [0.1, 0.15) is 11.7 Å². The van der Waals surface area contributed by atoms with Crippen LogP contribution in [-0.2, 0) is 0 Å². The Bertz CT molecular complexity index is 655. The lowest BCUT2D eigenvalue weighted by molar-refractivity contribution is 0.0245. The second kappa shape index (κ2) is 6.21. The molecule has 0 aliphatic rings. The highest BCUT2D eigenvalue weighted by Crippen LogP contribution is 2.23. The molecule has 1 aromatic carbocycles. The number of rotatable bonds is 5. The average molecular weight is 274 g/mol. The first-order valence-electron chi connectivity index (χ1n) is 5.97. The minimum absolute atomic E-state index is 0.184. The molecular weight excluding hydrogens is 260 g/mol. The molecule has 0 saturated heterocycles. The van der Waals surface area contributed by atoms with Crippen LogP contribution >= 0.6 is 0 Å². The number of azide groups is 1. The number of benzene rings is 1. The second-order valence-electron chi connectivity index (χ2n) is 4.23. The molecule has 0 aliphatic heterocycles. The number of methoxy groups -OCH3 is 1. The monoisotopic (exact) mass is 274 g/mol. The van der Waals surface area contributed by atoms with Gasteiger partial charge in [0.2, 0.25) is 5.88 Å². The molecule has 0 bridgehead atoms. The summed E-state index contributed by atoms with van der Waals surface area (Å²) in [6.07, 6.45) is -2.26. The molecule has 1 heterocycles. The van der Waals surface area contributed by atoms with Crippen molar-refractivity contribution in [3.05, 3.63) is 46.3 Å². The summed E-state index contributed by atoms with van der Waals surface area (Å²) in [5.74, 6) is 0.509. The van der Waals surface area contributed by atoms with Gasteiger partial charge in [-0.2, -0.15) is 0 Å². The highest BCUT2D eigenvalue weighted by atomic mass is 16.5. The molecule has 1 aromatic heterocycles. The van der Waals surface area contributed by atoms with E-state index in [1.807, 2.05) is 6.07 Å². The minimum atomic E-state index is -1.14. The molecule has 2 atom stereocenters. The summed E-state index contributed by atoms with van der Waals surface area (Å²) in [5.41, 5.74) is 9.46. The third-order valence-electron chi connectivity index (χ3n) is 2.93. The van der Waals surface area contributed by atoms with E-state index in [9.17, 15) is 10.2 Å². The standard InChI is InChI=1S/C13H14N4O3/c1-20-12-5-3-8-6-9(2-4-10(8)16-12)13(19)11(18)7-15-17-14/h2-6,11,13,18-19H,7H2,1H3. The van der Waals surface area contributed by atoms with Gasteiger partial charge in [-0.1, -0.05) is 11.2 Å². The van der Waals surface area contributed by atoms with Gasteiger partial charge in [0.25, 0.3) is 0 Å². The van der Waals surface area contributed by atoms with Crippen molar-refractivity contribution >= 4 is 10.9 Å². The number of hydrogen-bond donors (Lipinski definition) is 2. The predicted molar refractivity (Wildman–Crippen MR) is 73.3 cm³/mol. The molecule has 0 fully saturated rings. The van der Waals surface area contributed by atoms with Crippen molar-refractivity contribution in [1.82, 2.24) is 4.98 Å². The van der Waals surface area contributed by atoms with Crippen LogP contribution in [0.25, 0.3) is 21.3 Å². The van der Waals surface area contributed by atoms with E-state index in [2.05, 4.69) is 15.0 Å². The van der Waals surface area contributed by atoms with Gasteiger partial charge in [-0.15, -0.1) is 0 Å². The summed E-state index contributed by atoms with van der Waals surface area (Å²) in [6, 6.07) is 8.66. The maximum absolute atomic E-state index is 10.00. The number of aliphatic hydroxyl groups is 2. The first-order chi connectivity index (χ1) is 9.65. The van der Waals surface area contributed by atoms with Gasteiger partial charge >= 0.3 is 0 Å². The quantitative estimate of drug-likeness (QED) is 0.493. The number of fused-ring (bicyclic) bond motifs is 1. The maximum Gasteiger partial charge on any atom is 0.213 e. The molecular formula is C13H14N4O3. The molecule has 0 amide bonds. The number of hydrogen-bond acceptors (Lipinski definition) is 5. The molecule has 104 valence electrons.